The number of rotatable bonds is 1. The van der Waals surface area contributed by atoms with E-state index in [4.69, 9.17) is 0 Å². The lowest BCUT2D eigenvalue weighted by Crippen LogP contribution is -2.13. The Morgan fingerprint density at radius 2 is 1.72 bits per heavy atom. The van der Waals surface area contributed by atoms with Crippen molar-refractivity contribution in [3.05, 3.63) is 83.7 Å². The lowest BCUT2D eigenvalue weighted by molar-refractivity contribution is 0.605. The first-order chi connectivity index (χ1) is 12.3. The van der Waals surface area contributed by atoms with E-state index in [-0.39, 0.29) is 5.82 Å². The van der Waals surface area contributed by atoms with Gasteiger partial charge in [-0.1, -0.05) is 36.4 Å². The Morgan fingerprint density at radius 3 is 2.60 bits per heavy atom. The molecule has 0 radical (unpaired) electrons. The van der Waals surface area contributed by atoms with E-state index in [1.54, 1.807) is 18.5 Å². The molecule has 1 aromatic heterocycles. The first kappa shape index (κ1) is 14.5. The first-order valence-corrected chi connectivity index (χ1v) is 8.71. The summed E-state index contributed by atoms with van der Waals surface area (Å²) in [4.78, 5) is 8.77. The van der Waals surface area contributed by atoms with Crippen LogP contribution in [0.3, 0.4) is 0 Å². The van der Waals surface area contributed by atoms with E-state index in [2.05, 4.69) is 28.2 Å². The summed E-state index contributed by atoms with van der Waals surface area (Å²) >= 11 is 0. The van der Waals surface area contributed by atoms with Crippen molar-refractivity contribution in [3.8, 4) is 0 Å². The van der Waals surface area contributed by atoms with Crippen LogP contribution in [-0.2, 0) is 6.42 Å². The molecule has 3 heteroatoms. The van der Waals surface area contributed by atoms with E-state index in [1.165, 1.54) is 22.6 Å². The van der Waals surface area contributed by atoms with Gasteiger partial charge in [0.1, 0.15) is 5.82 Å². The average molecular weight is 328 g/mol. The largest absolute Gasteiger partial charge is 0.261 e. The molecule has 0 amide bonds. The van der Waals surface area contributed by atoms with E-state index in [0.29, 0.717) is 11.3 Å². The summed E-state index contributed by atoms with van der Waals surface area (Å²) in [6.45, 7) is 0. The molecule has 1 unspecified atom stereocenters. The van der Waals surface area contributed by atoms with Crippen molar-refractivity contribution in [1.82, 2.24) is 9.97 Å². The molecule has 1 aliphatic carbocycles. The number of fused-ring (bicyclic) bond motifs is 5. The molecular formula is C22H17FN2. The monoisotopic (exact) mass is 328 g/mol. The van der Waals surface area contributed by atoms with Crippen LogP contribution >= 0.6 is 0 Å². The van der Waals surface area contributed by atoms with Gasteiger partial charge >= 0.3 is 0 Å². The molecule has 0 bridgehead atoms. The van der Waals surface area contributed by atoms with Crippen LogP contribution in [0, 0.1) is 5.82 Å². The smallest absolute Gasteiger partial charge is 0.131 e. The summed E-state index contributed by atoms with van der Waals surface area (Å²) in [5, 5.41) is 4.05. The van der Waals surface area contributed by atoms with Crippen LogP contribution in [0.1, 0.15) is 35.6 Å². The predicted molar refractivity (Wildman–Crippen MR) is 98.2 cm³/mol. The number of halogens is 1. The fourth-order valence-corrected chi connectivity index (χ4v) is 4.26. The summed E-state index contributed by atoms with van der Waals surface area (Å²) in [6.07, 6.45) is 8.65. The molecule has 4 aromatic rings. The van der Waals surface area contributed by atoms with Crippen LogP contribution in [0.2, 0.25) is 0 Å². The van der Waals surface area contributed by atoms with Crippen LogP contribution in [0.4, 0.5) is 4.39 Å². The molecule has 1 heterocycles. The molecule has 0 aliphatic heterocycles. The third-order valence-electron chi connectivity index (χ3n) is 5.39. The third-order valence-corrected chi connectivity index (χ3v) is 5.39. The Kier molecular flexibility index (Phi) is 3.27. The molecular weight excluding hydrogens is 311 g/mol. The highest BCUT2D eigenvalue weighted by Crippen LogP contribution is 2.40. The maximum atomic E-state index is 14.1. The number of aryl methyl sites for hydroxylation is 1. The Balaban J connectivity index is 1.77. The van der Waals surface area contributed by atoms with Gasteiger partial charge in [0.05, 0.1) is 5.69 Å². The summed E-state index contributed by atoms with van der Waals surface area (Å²) < 4.78 is 14.1. The molecule has 0 saturated carbocycles. The van der Waals surface area contributed by atoms with E-state index >= 15 is 0 Å². The molecule has 0 spiro atoms. The van der Waals surface area contributed by atoms with Crippen molar-refractivity contribution in [1.29, 1.82) is 0 Å². The Bertz CT molecular complexity index is 1090. The quantitative estimate of drug-likeness (QED) is 0.438. The molecule has 1 aliphatic rings. The van der Waals surface area contributed by atoms with Crippen molar-refractivity contribution in [2.24, 2.45) is 0 Å². The predicted octanol–water partition coefficient (Wildman–Crippen LogP) is 5.39. The summed E-state index contributed by atoms with van der Waals surface area (Å²) in [6, 6.07) is 13.7. The summed E-state index contributed by atoms with van der Waals surface area (Å²) in [5.74, 6) is 0.139. The van der Waals surface area contributed by atoms with Gasteiger partial charge in [0, 0.05) is 29.9 Å². The average Bonchev–Trinajstić information content (AvgIpc) is 2.68. The minimum Gasteiger partial charge on any atom is -0.261 e. The Morgan fingerprint density at radius 1 is 0.880 bits per heavy atom. The molecule has 122 valence electrons. The Hall–Kier alpha value is -2.81. The molecule has 1 atom stereocenters. The molecule has 3 aromatic carbocycles. The topological polar surface area (TPSA) is 25.8 Å². The Labute approximate surface area is 145 Å². The van der Waals surface area contributed by atoms with Gasteiger partial charge in [-0.2, -0.15) is 0 Å². The molecule has 0 N–H and O–H groups in total. The first-order valence-electron chi connectivity index (χ1n) is 8.71. The van der Waals surface area contributed by atoms with Gasteiger partial charge in [0.2, 0.25) is 0 Å². The minimum absolute atomic E-state index is 0.158. The van der Waals surface area contributed by atoms with Crippen LogP contribution in [-0.4, -0.2) is 9.97 Å². The lowest BCUT2D eigenvalue weighted by atomic mass is 9.78. The normalized spacial score (nSPS) is 16.9. The maximum absolute atomic E-state index is 14.1. The van der Waals surface area contributed by atoms with Crippen molar-refractivity contribution < 1.29 is 4.39 Å². The highest BCUT2D eigenvalue weighted by Gasteiger charge is 2.24. The highest BCUT2D eigenvalue weighted by atomic mass is 19.1. The minimum atomic E-state index is -0.158. The van der Waals surface area contributed by atoms with Crippen molar-refractivity contribution in [2.75, 3.05) is 0 Å². The molecule has 25 heavy (non-hydrogen) atoms. The van der Waals surface area contributed by atoms with Gasteiger partial charge in [-0.25, -0.2) is 4.39 Å². The number of hydrogen-bond acceptors (Lipinski definition) is 2. The second-order valence-electron chi connectivity index (χ2n) is 6.70. The number of hydrogen-bond donors (Lipinski definition) is 0. The SMILES string of the molecule is Fc1cccc2c1ccc1c3c(ccc12)C(c1cnccn1)CCC3. The van der Waals surface area contributed by atoms with Crippen LogP contribution in [0.25, 0.3) is 21.5 Å². The number of nitrogens with zero attached hydrogens (tertiary/aromatic N) is 2. The van der Waals surface area contributed by atoms with E-state index < -0.39 is 0 Å². The van der Waals surface area contributed by atoms with Gasteiger partial charge in [-0.15, -0.1) is 0 Å². The summed E-state index contributed by atoms with van der Waals surface area (Å²) in [5.41, 5.74) is 3.76. The zero-order chi connectivity index (χ0) is 16.8. The standard InChI is InChI=1S/C22H17FN2/c23-21-6-2-4-15-17-7-8-18-14(16(17)9-10-19(15)21)3-1-5-20(18)22-13-24-11-12-25-22/h2,4,6-13,20H,1,3,5H2. The van der Waals surface area contributed by atoms with E-state index in [0.717, 1.165) is 35.7 Å². The molecule has 0 fully saturated rings. The molecule has 0 saturated heterocycles. The van der Waals surface area contributed by atoms with E-state index in [1.807, 2.05) is 18.3 Å². The van der Waals surface area contributed by atoms with Crippen molar-refractivity contribution in [3.63, 3.8) is 0 Å². The summed E-state index contributed by atoms with van der Waals surface area (Å²) in [7, 11) is 0. The van der Waals surface area contributed by atoms with Gasteiger partial charge < -0.3 is 0 Å². The molecule has 5 rings (SSSR count). The van der Waals surface area contributed by atoms with Crippen molar-refractivity contribution >= 4 is 21.5 Å². The van der Waals surface area contributed by atoms with Gasteiger partial charge in [0.15, 0.2) is 0 Å². The second kappa shape index (κ2) is 5.62. The fraction of sp³-hybridized carbons (Fsp3) is 0.182. The number of aromatic nitrogens is 2. The second-order valence-corrected chi connectivity index (χ2v) is 6.70. The number of benzene rings is 3. The lowest BCUT2D eigenvalue weighted by Gasteiger charge is -2.26. The van der Waals surface area contributed by atoms with Crippen LogP contribution in [0.15, 0.2) is 61.1 Å². The molecule has 2 nitrogen and oxygen atoms in total. The zero-order valence-corrected chi connectivity index (χ0v) is 13.7. The van der Waals surface area contributed by atoms with Crippen LogP contribution < -0.4 is 0 Å². The third kappa shape index (κ3) is 2.23. The van der Waals surface area contributed by atoms with Gasteiger partial charge in [-0.3, -0.25) is 9.97 Å². The van der Waals surface area contributed by atoms with Crippen LogP contribution in [0.5, 0.6) is 0 Å². The van der Waals surface area contributed by atoms with E-state index in [9.17, 15) is 4.39 Å². The maximum Gasteiger partial charge on any atom is 0.131 e. The fourth-order valence-electron chi connectivity index (χ4n) is 4.26. The van der Waals surface area contributed by atoms with Gasteiger partial charge in [0.25, 0.3) is 0 Å². The van der Waals surface area contributed by atoms with Crippen molar-refractivity contribution in [2.45, 2.75) is 25.2 Å². The van der Waals surface area contributed by atoms with Gasteiger partial charge in [-0.05, 0) is 52.6 Å². The highest BCUT2D eigenvalue weighted by molar-refractivity contribution is 6.09. The zero-order valence-electron chi connectivity index (χ0n) is 13.7.